The van der Waals surface area contributed by atoms with Crippen molar-refractivity contribution >= 4 is 11.8 Å². The second kappa shape index (κ2) is 6.08. The summed E-state index contributed by atoms with van der Waals surface area (Å²) in [6, 6.07) is 10.3. The lowest BCUT2D eigenvalue weighted by Gasteiger charge is -2.20. The maximum Gasteiger partial charge on any atom is 0.228 e. The Kier molecular flexibility index (Phi) is 4.16. The molecule has 0 aromatic heterocycles. The van der Waals surface area contributed by atoms with E-state index in [0.29, 0.717) is 44.4 Å². The third-order valence-electron chi connectivity index (χ3n) is 4.97. The van der Waals surface area contributed by atoms with Gasteiger partial charge in [0.2, 0.25) is 11.8 Å². The van der Waals surface area contributed by atoms with Gasteiger partial charge in [-0.05, 0) is 18.0 Å². The zero-order chi connectivity index (χ0) is 15.7. The molecule has 0 radical (unpaired) electrons. The van der Waals surface area contributed by atoms with Crippen LogP contribution in [0.25, 0.3) is 0 Å². The molecule has 2 aliphatic heterocycles. The molecule has 22 heavy (non-hydrogen) atoms. The summed E-state index contributed by atoms with van der Waals surface area (Å²) in [4.78, 5) is 27.9. The van der Waals surface area contributed by atoms with Gasteiger partial charge >= 0.3 is 0 Å². The van der Waals surface area contributed by atoms with Crippen LogP contribution >= 0.6 is 0 Å². The molecule has 0 aliphatic carbocycles. The Morgan fingerprint density at radius 2 is 1.95 bits per heavy atom. The third kappa shape index (κ3) is 2.73. The first kappa shape index (κ1) is 15.0. The van der Waals surface area contributed by atoms with E-state index in [4.69, 9.17) is 5.73 Å². The number of carbonyl (C=O) groups is 2. The molecule has 5 heteroatoms. The summed E-state index contributed by atoms with van der Waals surface area (Å²) >= 11 is 0. The molecular weight excluding hydrogens is 278 g/mol. The van der Waals surface area contributed by atoms with Gasteiger partial charge in [-0.15, -0.1) is 0 Å². The lowest BCUT2D eigenvalue weighted by molar-refractivity contribution is -0.135. The average molecular weight is 301 g/mol. The number of likely N-dealkylation sites (tertiary alicyclic amines) is 2. The fourth-order valence-electron chi connectivity index (χ4n) is 3.66. The van der Waals surface area contributed by atoms with Crippen molar-refractivity contribution in [2.24, 2.45) is 17.6 Å². The normalized spacial score (nSPS) is 28.5. The second-order valence-corrected chi connectivity index (χ2v) is 6.43. The molecule has 2 N–H and O–H groups in total. The molecule has 1 aromatic rings. The van der Waals surface area contributed by atoms with Crippen molar-refractivity contribution in [3.8, 4) is 0 Å². The number of nitrogens with zero attached hydrogens (tertiary/aromatic N) is 2. The number of nitrogens with two attached hydrogens (primary N) is 1. The minimum atomic E-state index is -0.189. The average Bonchev–Trinajstić information content (AvgIpc) is 3.11. The summed E-state index contributed by atoms with van der Waals surface area (Å²) in [6.45, 7) is 2.52. The molecule has 1 unspecified atom stereocenters. The number of rotatable bonds is 3. The van der Waals surface area contributed by atoms with E-state index in [9.17, 15) is 9.59 Å². The molecule has 3 rings (SSSR count). The maximum atomic E-state index is 12.7. The Morgan fingerprint density at radius 1 is 1.23 bits per heavy atom. The second-order valence-electron chi connectivity index (χ2n) is 6.43. The molecular formula is C17H23N3O2. The van der Waals surface area contributed by atoms with Gasteiger partial charge in [0.25, 0.3) is 0 Å². The molecule has 2 saturated heterocycles. The van der Waals surface area contributed by atoms with Gasteiger partial charge in [-0.25, -0.2) is 0 Å². The van der Waals surface area contributed by atoms with E-state index in [-0.39, 0.29) is 17.7 Å². The van der Waals surface area contributed by atoms with Crippen LogP contribution in [0.1, 0.15) is 17.9 Å². The first-order valence-corrected chi connectivity index (χ1v) is 7.88. The standard InChI is InChI=1S/C17H23N3O2/c1-19-9-13(7-16(19)21)17(22)20-10-14(8-18)15(11-20)12-5-3-2-4-6-12/h2-6,13-15H,7-11,18H2,1H3/t13?,14-,15+/m1/s1. The van der Waals surface area contributed by atoms with Crippen LogP contribution in [-0.2, 0) is 9.59 Å². The highest BCUT2D eigenvalue weighted by Gasteiger charge is 2.40. The Labute approximate surface area is 131 Å². The molecule has 2 heterocycles. The number of benzene rings is 1. The van der Waals surface area contributed by atoms with E-state index in [0.717, 1.165) is 0 Å². The third-order valence-corrected chi connectivity index (χ3v) is 4.97. The van der Waals surface area contributed by atoms with Crippen LogP contribution < -0.4 is 5.73 Å². The monoisotopic (exact) mass is 301 g/mol. The van der Waals surface area contributed by atoms with Gasteiger partial charge in [-0.3, -0.25) is 9.59 Å². The number of hydrogen-bond donors (Lipinski definition) is 1. The Morgan fingerprint density at radius 3 is 2.55 bits per heavy atom. The van der Waals surface area contributed by atoms with E-state index in [1.807, 2.05) is 23.1 Å². The SMILES string of the molecule is CN1CC(C(=O)N2C[C@@H](CN)[C@H](c3ccccc3)C2)CC1=O. The Hall–Kier alpha value is -1.88. The number of hydrogen-bond acceptors (Lipinski definition) is 3. The summed E-state index contributed by atoms with van der Waals surface area (Å²) < 4.78 is 0. The molecule has 5 nitrogen and oxygen atoms in total. The van der Waals surface area contributed by atoms with Crippen LogP contribution in [-0.4, -0.2) is 54.8 Å². The first-order chi connectivity index (χ1) is 10.6. The Bertz CT molecular complexity index is 560. The predicted octanol–water partition coefficient (Wildman–Crippen LogP) is 0.666. The van der Waals surface area contributed by atoms with Crippen molar-refractivity contribution in [3.05, 3.63) is 35.9 Å². The quantitative estimate of drug-likeness (QED) is 0.892. The molecule has 118 valence electrons. The lowest BCUT2D eigenvalue weighted by Crippen LogP contribution is -2.36. The van der Waals surface area contributed by atoms with Gasteiger partial charge in [-0.2, -0.15) is 0 Å². The summed E-state index contributed by atoms with van der Waals surface area (Å²) in [5.41, 5.74) is 7.16. The van der Waals surface area contributed by atoms with Gasteiger partial charge in [-0.1, -0.05) is 30.3 Å². The van der Waals surface area contributed by atoms with Crippen molar-refractivity contribution in [1.29, 1.82) is 0 Å². The summed E-state index contributed by atoms with van der Waals surface area (Å²) in [5, 5.41) is 0. The van der Waals surface area contributed by atoms with E-state index in [2.05, 4.69) is 12.1 Å². The molecule has 2 aliphatic rings. The van der Waals surface area contributed by atoms with E-state index in [1.165, 1.54) is 5.56 Å². The van der Waals surface area contributed by atoms with Crippen molar-refractivity contribution in [1.82, 2.24) is 9.80 Å². The molecule has 0 bridgehead atoms. The van der Waals surface area contributed by atoms with Crippen LogP contribution in [0.3, 0.4) is 0 Å². The van der Waals surface area contributed by atoms with Crippen molar-refractivity contribution in [2.45, 2.75) is 12.3 Å². The van der Waals surface area contributed by atoms with Gasteiger partial charge in [0.05, 0.1) is 5.92 Å². The van der Waals surface area contributed by atoms with Crippen LogP contribution in [0.4, 0.5) is 0 Å². The highest BCUT2D eigenvalue weighted by molar-refractivity contribution is 5.89. The van der Waals surface area contributed by atoms with Gasteiger partial charge in [0, 0.05) is 39.0 Å². The largest absolute Gasteiger partial charge is 0.345 e. The molecule has 3 atom stereocenters. The number of amides is 2. The zero-order valence-corrected chi connectivity index (χ0v) is 12.9. The molecule has 1 aromatic carbocycles. The highest BCUT2D eigenvalue weighted by Crippen LogP contribution is 2.33. The first-order valence-electron chi connectivity index (χ1n) is 7.88. The van der Waals surface area contributed by atoms with Crippen LogP contribution in [0.5, 0.6) is 0 Å². The Balaban J connectivity index is 1.72. The van der Waals surface area contributed by atoms with Gasteiger partial charge < -0.3 is 15.5 Å². The highest BCUT2D eigenvalue weighted by atomic mass is 16.2. The van der Waals surface area contributed by atoms with Crippen LogP contribution in [0, 0.1) is 11.8 Å². The minimum absolute atomic E-state index is 0.0625. The molecule has 0 saturated carbocycles. The van der Waals surface area contributed by atoms with Gasteiger partial charge in [0.15, 0.2) is 0 Å². The molecule has 0 spiro atoms. The lowest BCUT2D eigenvalue weighted by atomic mass is 9.89. The van der Waals surface area contributed by atoms with Crippen molar-refractivity contribution in [2.75, 3.05) is 33.2 Å². The zero-order valence-electron chi connectivity index (χ0n) is 12.9. The smallest absolute Gasteiger partial charge is 0.228 e. The fraction of sp³-hybridized carbons (Fsp3) is 0.529. The van der Waals surface area contributed by atoms with E-state index in [1.54, 1.807) is 11.9 Å². The summed E-state index contributed by atoms with van der Waals surface area (Å²) in [7, 11) is 1.76. The molecule has 2 fully saturated rings. The van der Waals surface area contributed by atoms with Crippen LogP contribution in [0.15, 0.2) is 30.3 Å². The van der Waals surface area contributed by atoms with Gasteiger partial charge in [0.1, 0.15) is 0 Å². The van der Waals surface area contributed by atoms with Crippen LogP contribution in [0.2, 0.25) is 0 Å². The fourth-order valence-corrected chi connectivity index (χ4v) is 3.66. The van der Waals surface area contributed by atoms with E-state index < -0.39 is 0 Å². The summed E-state index contributed by atoms with van der Waals surface area (Å²) in [6.07, 6.45) is 0.342. The predicted molar refractivity (Wildman–Crippen MR) is 84.1 cm³/mol. The maximum absolute atomic E-state index is 12.7. The van der Waals surface area contributed by atoms with E-state index >= 15 is 0 Å². The summed E-state index contributed by atoms with van der Waals surface area (Å²) in [5.74, 6) is 0.568. The topological polar surface area (TPSA) is 66.6 Å². The van der Waals surface area contributed by atoms with Crippen molar-refractivity contribution < 1.29 is 9.59 Å². The number of carbonyl (C=O) groups excluding carboxylic acids is 2. The molecule has 2 amide bonds. The minimum Gasteiger partial charge on any atom is -0.345 e. The van der Waals surface area contributed by atoms with Crippen molar-refractivity contribution in [3.63, 3.8) is 0 Å².